The van der Waals surface area contributed by atoms with Crippen molar-refractivity contribution in [3.8, 4) is 0 Å². The molecule has 0 radical (unpaired) electrons. The number of H-pyrrole nitrogens is 1. The molecule has 132 valence electrons. The number of nitrogens with zero attached hydrogens (tertiary/aromatic N) is 2. The van der Waals surface area contributed by atoms with Crippen LogP contribution >= 0.6 is 11.8 Å². The first-order valence-electron chi connectivity index (χ1n) is 9.14. The number of unbranched alkanes of at least 4 members (excludes halogenated alkanes) is 3. The maximum absolute atomic E-state index is 4.67. The fraction of sp³-hybridized carbons (Fsp3) is 0.381. The zero-order chi connectivity index (χ0) is 17.5. The van der Waals surface area contributed by atoms with Crippen molar-refractivity contribution in [3.63, 3.8) is 0 Å². The number of thioether (sulfide) groups is 1. The van der Waals surface area contributed by atoms with E-state index in [-0.39, 0.29) is 0 Å². The van der Waals surface area contributed by atoms with Crippen molar-refractivity contribution in [1.29, 1.82) is 0 Å². The number of imidazole rings is 1. The Hall–Kier alpha value is -1.94. The van der Waals surface area contributed by atoms with Crippen molar-refractivity contribution >= 4 is 28.5 Å². The topological polar surface area (TPSA) is 31.9 Å². The van der Waals surface area contributed by atoms with Gasteiger partial charge in [-0.15, -0.1) is 0 Å². The maximum atomic E-state index is 4.67. The lowest BCUT2D eigenvalue weighted by Crippen LogP contribution is -2.19. The Balaban J connectivity index is 1.64. The Labute approximate surface area is 154 Å². The first-order chi connectivity index (χ1) is 12.3. The van der Waals surface area contributed by atoms with E-state index in [1.165, 1.54) is 36.9 Å². The summed E-state index contributed by atoms with van der Waals surface area (Å²) in [6.45, 7) is 3.38. The second-order valence-corrected chi connectivity index (χ2v) is 7.42. The highest BCUT2D eigenvalue weighted by molar-refractivity contribution is 7.98. The highest BCUT2D eigenvalue weighted by Gasteiger charge is 2.09. The van der Waals surface area contributed by atoms with Crippen LogP contribution in [0.5, 0.6) is 0 Å². The van der Waals surface area contributed by atoms with Gasteiger partial charge in [-0.3, -0.25) is 0 Å². The van der Waals surface area contributed by atoms with Gasteiger partial charge in [0.05, 0.1) is 11.0 Å². The van der Waals surface area contributed by atoms with Gasteiger partial charge in [0.25, 0.3) is 0 Å². The molecule has 2 aromatic carbocycles. The number of aromatic nitrogens is 2. The van der Waals surface area contributed by atoms with Crippen LogP contribution in [0.4, 0.5) is 5.69 Å². The molecule has 0 aliphatic rings. The van der Waals surface area contributed by atoms with Crippen molar-refractivity contribution in [3.05, 3.63) is 54.1 Å². The minimum atomic E-state index is 0.926. The Morgan fingerprint density at radius 3 is 2.64 bits per heavy atom. The number of aromatic amines is 1. The highest BCUT2D eigenvalue weighted by Crippen LogP contribution is 2.28. The van der Waals surface area contributed by atoms with Crippen LogP contribution in [-0.2, 0) is 5.75 Å². The van der Waals surface area contributed by atoms with Crippen LogP contribution in [0.25, 0.3) is 11.0 Å². The lowest BCUT2D eigenvalue weighted by Gasteiger charge is -2.22. The summed E-state index contributed by atoms with van der Waals surface area (Å²) in [5.74, 6) is 0.926. The minimum Gasteiger partial charge on any atom is -0.374 e. The van der Waals surface area contributed by atoms with Crippen LogP contribution in [0.15, 0.2) is 53.7 Å². The van der Waals surface area contributed by atoms with Gasteiger partial charge in [-0.05, 0) is 30.2 Å². The number of para-hydroxylation sites is 3. The predicted octanol–water partition coefficient (Wildman–Crippen LogP) is 5.87. The molecule has 0 saturated carbocycles. The average molecular weight is 354 g/mol. The predicted molar refractivity (Wildman–Crippen MR) is 110 cm³/mol. The quantitative estimate of drug-likeness (QED) is 0.385. The molecule has 3 aromatic rings. The molecule has 0 spiro atoms. The Kier molecular flexibility index (Phi) is 6.40. The van der Waals surface area contributed by atoms with E-state index in [4.69, 9.17) is 0 Å². The third kappa shape index (κ3) is 4.79. The summed E-state index contributed by atoms with van der Waals surface area (Å²) in [5, 5.41) is 0.988. The molecule has 0 unspecified atom stereocenters. The molecule has 4 heteroatoms. The number of fused-ring (bicyclic) bond motifs is 1. The molecule has 1 N–H and O–H groups in total. The second kappa shape index (κ2) is 8.95. The van der Waals surface area contributed by atoms with Crippen molar-refractivity contribution in [2.45, 2.75) is 43.5 Å². The van der Waals surface area contributed by atoms with Crippen LogP contribution in [0.3, 0.4) is 0 Å². The Morgan fingerprint density at radius 1 is 1.00 bits per heavy atom. The third-order valence-corrected chi connectivity index (χ3v) is 5.40. The summed E-state index contributed by atoms with van der Waals surface area (Å²) >= 11 is 1.77. The molecule has 1 heterocycles. The van der Waals surface area contributed by atoms with Gasteiger partial charge in [0.15, 0.2) is 5.16 Å². The number of hydrogen-bond acceptors (Lipinski definition) is 3. The molecule has 1 aromatic heterocycles. The van der Waals surface area contributed by atoms with Gasteiger partial charge in [-0.25, -0.2) is 4.98 Å². The third-order valence-electron chi connectivity index (χ3n) is 4.48. The molecule has 0 fully saturated rings. The van der Waals surface area contributed by atoms with Crippen LogP contribution < -0.4 is 4.90 Å². The number of hydrogen-bond donors (Lipinski definition) is 1. The number of benzene rings is 2. The minimum absolute atomic E-state index is 0.926. The monoisotopic (exact) mass is 353 g/mol. The molecular weight excluding hydrogens is 326 g/mol. The SMILES string of the molecule is CCCCCCN(C)c1ccccc1CSc1nc2ccccc2[nH]1. The molecule has 3 nitrogen and oxygen atoms in total. The normalized spacial score (nSPS) is 11.1. The van der Waals surface area contributed by atoms with E-state index < -0.39 is 0 Å². The van der Waals surface area contributed by atoms with Crippen molar-refractivity contribution in [2.75, 3.05) is 18.5 Å². The zero-order valence-corrected chi connectivity index (χ0v) is 16.0. The standard InChI is InChI=1S/C21H27N3S/c1-3-4-5-10-15-24(2)20-14-9-6-11-17(20)16-25-21-22-18-12-7-8-13-19(18)23-21/h6-9,11-14H,3-5,10,15-16H2,1-2H3,(H,22,23). The van der Waals surface area contributed by atoms with Gasteiger partial charge in [0, 0.05) is 25.0 Å². The van der Waals surface area contributed by atoms with Gasteiger partial charge in [0.1, 0.15) is 0 Å². The van der Waals surface area contributed by atoms with Crippen LogP contribution in [-0.4, -0.2) is 23.6 Å². The molecular formula is C21H27N3S. The van der Waals surface area contributed by atoms with Gasteiger partial charge in [0.2, 0.25) is 0 Å². The van der Waals surface area contributed by atoms with Crippen LogP contribution in [0, 0.1) is 0 Å². The molecule has 0 bridgehead atoms. The first kappa shape index (κ1) is 17.9. The first-order valence-corrected chi connectivity index (χ1v) is 10.1. The smallest absolute Gasteiger partial charge is 0.166 e. The van der Waals surface area contributed by atoms with Crippen molar-refractivity contribution in [2.24, 2.45) is 0 Å². The fourth-order valence-corrected chi connectivity index (χ4v) is 3.93. The molecule has 25 heavy (non-hydrogen) atoms. The van der Waals surface area contributed by atoms with Crippen LogP contribution in [0.1, 0.15) is 38.2 Å². The average Bonchev–Trinajstić information content (AvgIpc) is 3.06. The van der Waals surface area contributed by atoms with Gasteiger partial charge in [-0.1, -0.05) is 68.3 Å². The summed E-state index contributed by atoms with van der Waals surface area (Å²) in [6.07, 6.45) is 5.19. The lowest BCUT2D eigenvalue weighted by molar-refractivity contribution is 0.661. The highest BCUT2D eigenvalue weighted by atomic mass is 32.2. The van der Waals surface area contributed by atoms with E-state index in [0.29, 0.717) is 0 Å². The molecule has 0 aliphatic carbocycles. The van der Waals surface area contributed by atoms with E-state index in [1.807, 2.05) is 18.2 Å². The summed E-state index contributed by atoms with van der Waals surface area (Å²) < 4.78 is 0. The maximum Gasteiger partial charge on any atom is 0.166 e. The van der Waals surface area contributed by atoms with Gasteiger partial charge >= 0.3 is 0 Å². The van der Waals surface area contributed by atoms with Crippen LogP contribution in [0.2, 0.25) is 0 Å². The lowest BCUT2D eigenvalue weighted by atomic mass is 10.1. The molecule has 0 amide bonds. The zero-order valence-electron chi connectivity index (χ0n) is 15.2. The van der Waals surface area contributed by atoms with Gasteiger partial charge < -0.3 is 9.88 Å². The molecule has 0 aliphatic heterocycles. The van der Waals surface area contributed by atoms with E-state index in [9.17, 15) is 0 Å². The summed E-state index contributed by atoms with van der Waals surface area (Å²) in [6, 6.07) is 16.9. The van der Waals surface area contributed by atoms with Gasteiger partial charge in [-0.2, -0.15) is 0 Å². The largest absolute Gasteiger partial charge is 0.374 e. The summed E-state index contributed by atoms with van der Waals surface area (Å²) in [5.41, 5.74) is 4.84. The van der Waals surface area contributed by atoms with E-state index in [0.717, 1.165) is 28.5 Å². The number of anilines is 1. The van der Waals surface area contributed by atoms with E-state index >= 15 is 0 Å². The summed E-state index contributed by atoms with van der Waals surface area (Å²) in [7, 11) is 2.20. The molecule has 3 rings (SSSR count). The fourth-order valence-electron chi connectivity index (χ4n) is 3.05. The number of nitrogens with one attached hydrogen (secondary N) is 1. The van der Waals surface area contributed by atoms with E-state index in [1.54, 1.807) is 11.8 Å². The van der Waals surface area contributed by atoms with Crippen molar-refractivity contribution < 1.29 is 0 Å². The molecule has 0 saturated heterocycles. The second-order valence-electron chi connectivity index (χ2n) is 6.46. The van der Waals surface area contributed by atoms with E-state index in [2.05, 4.69) is 59.2 Å². The Morgan fingerprint density at radius 2 is 1.80 bits per heavy atom. The Bertz CT molecular complexity index is 763. The summed E-state index contributed by atoms with van der Waals surface area (Å²) in [4.78, 5) is 10.5. The molecule has 0 atom stereocenters. The number of rotatable bonds is 9. The van der Waals surface area contributed by atoms with Crippen molar-refractivity contribution in [1.82, 2.24) is 9.97 Å².